The third-order valence-electron chi connectivity index (χ3n) is 2.52. The number of hydrogen-bond donors (Lipinski definition) is 3. The number of nitrogens with two attached hydrogens (primary N) is 1. The van der Waals surface area contributed by atoms with Crippen LogP contribution in [0.2, 0.25) is 10.0 Å². The van der Waals surface area contributed by atoms with Crippen LogP contribution in [-0.2, 0) is 4.79 Å². The topological polar surface area (TPSA) is 92.4 Å². The number of rotatable bonds is 5. The van der Waals surface area contributed by atoms with Crippen molar-refractivity contribution < 1.29 is 14.7 Å². The number of carbonyl (C=O) groups excluding carboxylic acids is 1. The Labute approximate surface area is 120 Å². The Morgan fingerprint density at radius 3 is 2.32 bits per heavy atom. The molecule has 0 heterocycles. The van der Waals surface area contributed by atoms with E-state index in [0.717, 1.165) is 0 Å². The maximum atomic E-state index is 11.9. The van der Waals surface area contributed by atoms with E-state index in [2.05, 4.69) is 5.32 Å². The van der Waals surface area contributed by atoms with Crippen molar-refractivity contribution in [2.45, 2.75) is 25.8 Å². The second-order valence-corrected chi connectivity index (χ2v) is 4.82. The lowest BCUT2D eigenvalue weighted by Crippen LogP contribution is -2.40. The van der Waals surface area contributed by atoms with Crippen LogP contribution in [0.4, 0.5) is 5.69 Å². The van der Waals surface area contributed by atoms with E-state index in [0.29, 0.717) is 12.8 Å². The van der Waals surface area contributed by atoms with Crippen LogP contribution in [0.5, 0.6) is 0 Å². The number of carbonyl (C=O) groups is 2. The monoisotopic (exact) mass is 304 g/mol. The summed E-state index contributed by atoms with van der Waals surface area (Å²) in [5.74, 6) is -1.63. The summed E-state index contributed by atoms with van der Waals surface area (Å²) in [5.41, 5.74) is 5.91. The van der Waals surface area contributed by atoms with E-state index in [9.17, 15) is 9.59 Å². The molecule has 0 saturated heterocycles. The molecule has 1 rings (SSSR count). The Morgan fingerprint density at radius 1 is 1.37 bits per heavy atom. The molecular formula is C12H14Cl2N2O3. The Morgan fingerprint density at radius 2 is 1.89 bits per heavy atom. The normalized spacial score (nSPS) is 11.9. The van der Waals surface area contributed by atoms with Crippen molar-refractivity contribution >= 4 is 40.8 Å². The Balaban J connectivity index is 2.91. The lowest BCUT2D eigenvalue weighted by molar-refractivity contribution is -0.139. The van der Waals surface area contributed by atoms with E-state index < -0.39 is 17.9 Å². The minimum atomic E-state index is -1.08. The molecule has 7 heteroatoms. The Hall–Kier alpha value is -1.46. The lowest BCUT2D eigenvalue weighted by Gasteiger charge is -2.14. The number of benzene rings is 1. The summed E-state index contributed by atoms with van der Waals surface area (Å²) in [4.78, 5) is 22.9. The molecule has 0 unspecified atom stereocenters. The smallest absolute Gasteiger partial charge is 0.326 e. The van der Waals surface area contributed by atoms with Crippen molar-refractivity contribution in [3.63, 3.8) is 0 Å². The zero-order valence-electron chi connectivity index (χ0n) is 10.2. The van der Waals surface area contributed by atoms with Crippen molar-refractivity contribution in [1.29, 1.82) is 0 Å². The van der Waals surface area contributed by atoms with Crippen LogP contribution in [0.15, 0.2) is 12.1 Å². The van der Waals surface area contributed by atoms with Crippen molar-refractivity contribution in [1.82, 2.24) is 5.32 Å². The molecule has 1 atom stereocenters. The summed E-state index contributed by atoms with van der Waals surface area (Å²) >= 11 is 11.6. The van der Waals surface area contributed by atoms with Gasteiger partial charge in [0.1, 0.15) is 6.04 Å². The molecule has 1 aromatic carbocycles. The number of nitrogens with one attached hydrogen (secondary N) is 1. The summed E-state index contributed by atoms with van der Waals surface area (Å²) in [5, 5.41) is 11.7. The van der Waals surface area contributed by atoms with E-state index in [-0.39, 0.29) is 21.3 Å². The molecule has 0 fully saturated rings. The van der Waals surface area contributed by atoms with Gasteiger partial charge in [0, 0.05) is 5.56 Å². The molecule has 0 aliphatic carbocycles. The third-order valence-corrected chi connectivity index (χ3v) is 3.15. The van der Waals surface area contributed by atoms with Crippen LogP contribution in [-0.4, -0.2) is 23.0 Å². The van der Waals surface area contributed by atoms with Gasteiger partial charge in [-0.1, -0.05) is 36.5 Å². The highest BCUT2D eigenvalue weighted by atomic mass is 35.5. The first kappa shape index (κ1) is 15.6. The van der Waals surface area contributed by atoms with E-state index in [1.807, 2.05) is 6.92 Å². The Kier molecular flexibility index (Phi) is 5.44. The average molecular weight is 305 g/mol. The van der Waals surface area contributed by atoms with Crippen LogP contribution in [0.25, 0.3) is 0 Å². The molecule has 0 aliphatic rings. The minimum Gasteiger partial charge on any atom is -0.480 e. The molecule has 0 aromatic heterocycles. The molecular weight excluding hydrogens is 291 g/mol. The second-order valence-electron chi connectivity index (χ2n) is 4.01. The van der Waals surface area contributed by atoms with Gasteiger partial charge >= 0.3 is 5.97 Å². The highest BCUT2D eigenvalue weighted by Gasteiger charge is 2.20. The van der Waals surface area contributed by atoms with Crippen LogP contribution in [0, 0.1) is 0 Å². The summed E-state index contributed by atoms with van der Waals surface area (Å²) in [6.45, 7) is 1.83. The fourth-order valence-electron chi connectivity index (χ4n) is 1.50. The average Bonchev–Trinajstić information content (AvgIpc) is 2.34. The van der Waals surface area contributed by atoms with Gasteiger partial charge in [-0.3, -0.25) is 4.79 Å². The molecule has 104 valence electrons. The van der Waals surface area contributed by atoms with Crippen LogP contribution in [0.3, 0.4) is 0 Å². The number of anilines is 1. The summed E-state index contributed by atoms with van der Waals surface area (Å²) in [6.07, 6.45) is 0.984. The van der Waals surface area contributed by atoms with Gasteiger partial charge in [-0.2, -0.15) is 0 Å². The Bertz CT molecular complexity index is 483. The first-order valence-corrected chi connectivity index (χ1v) is 6.40. The number of carboxylic acids is 1. The fourth-order valence-corrected chi connectivity index (χ4v) is 1.99. The van der Waals surface area contributed by atoms with Crippen LogP contribution >= 0.6 is 23.2 Å². The highest BCUT2D eigenvalue weighted by molar-refractivity contribution is 6.39. The standard InChI is InChI=1S/C12H14Cl2N2O3/c1-2-3-9(12(18)19)16-11(17)6-4-7(13)10(15)8(14)5-6/h4-5,9H,2-3,15H2,1H3,(H,16,17)(H,18,19)/t9-/m1/s1. The van der Waals surface area contributed by atoms with Crippen molar-refractivity contribution in [3.8, 4) is 0 Å². The summed E-state index contributed by atoms with van der Waals surface area (Å²) < 4.78 is 0. The van der Waals surface area contributed by atoms with Gasteiger partial charge < -0.3 is 16.2 Å². The molecule has 1 amide bonds. The van der Waals surface area contributed by atoms with Crippen molar-refractivity contribution in [2.24, 2.45) is 0 Å². The maximum Gasteiger partial charge on any atom is 0.326 e. The fraction of sp³-hybridized carbons (Fsp3) is 0.333. The van der Waals surface area contributed by atoms with Gasteiger partial charge in [0.15, 0.2) is 0 Å². The first-order valence-electron chi connectivity index (χ1n) is 5.65. The van der Waals surface area contributed by atoms with Gasteiger partial charge in [-0.05, 0) is 18.6 Å². The SMILES string of the molecule is CCC[C@@H](NC(=O)c1cc(Cl)c(N)c(Cl)c1)C(=O)O. The van der Waals surface area contributed by atoms with Gasteiger partial charge in [0.25, 0.3) is 5.91 Å². The molecule has 0 bridgehead atoms. The minimum absolute atomic E-state index is 0.153. The molecule has 0 spiro atoms. The lowest BCUT2D eigenvalue weighted by atomic mass is 10.1. The molecule has 4 N–H and O–H groups in total. The molecule has 0 saturated carbocycles. The number of amides is 1. The third kappa shape index (κ3) is 4.01. The number of carboxylic acid groups (broad SMARTS) is 1. The van der Waals surface area contributed by atoms with Gasteiger partial charge in [-0.15, -0.1) is 0 Å². The van der Waals surface area contributed by atoms with Crippen LogP contribution in [0.1, 0.15) is 30.1 Å². The first-order chi connectivity index (χ1) is 8.86. The summed E-state index contributed by atoms with van der Waals surface area (Å²) in [7, 11) is 0. The predicted molar refractivity (Wildman–Crippen MR) is 74.7 cm³/mol. The van der Waals surface area contributed by atoms with Gasteiger partial charge in [0.2, 0.25) is 0 Å². The van der Waals surface area contributed by atoms with Crippen molar-refractivity contribution in [2.75, 3.05) is 5.73 Å². The van der Waals surface area contributed by atoms with E-state index >= 15 is 0 Å². The predicted octanol–water partition coefficient (Wildman–Crippen LogP) is 2.56. The van der Waals surface area contributed by atoms with Gasteiger partial charge in [0.05, 0.1) is 15.7 Å². The number of nitrogen functional groups attached to an aromatic ring is 1. The molecule has 5 nitrogen and oxygen atoms in total. The second kappa shape index (κ2) is 6.63. The highest BCUT2D eigenvalue weighted by Crippen LogP contribution is 2.28. The quantitative estimate of drug-likeness (QED) is 0.729. The molecule has 0 aliphatic heterocycles. The van der Waals surface area contributed by atoms with E-state index in [4.69, 9.17) is 34.0 Å². The largest absolute Gasteiger partial charge is 0.480 e. The van der Waals surface area contributed by atoms with E-state index in [1.165, 1.54) is 12.1 Å². The van der Waals surface area contributed by atoms with Crippen LogP contribution < -0.4 is 11.1 Å². The zero-order chi connectivity index (χ0) is 14.6. The summed E-state index contributed by atoms with van der Waals surface area (Å²) in [6, 6.07) is 1.76. The maximum absolute atomic E-state index is 11.9. The molecule has 0 radical (unpaired) electrons. The molecule has 19 heavy (non-hydrogen) atoms. The number of halogens is 2. The van der Waals surface area contributed by atoms with E-state index in [1.54, 1.807) is 0 Å². The number of hydrogen-bond acceptors (Lipinski definition) is 3. The van der Waals surface area contributed by atoms with Gasteiger partial charge in [-0.25, -0.2) is 4.79 Å². The zero-order valence-corrected chi connectivity index (χ0v) is 11.8. The molecule has 1 aromatic rings. The van der Waals surface area contributed by atoms with Crippen molar-refractivity contribution in [3.05, 3.63) is 27.7 Å². The number of aliphatic carboxylic acids is 1.